The van der Waals surface area contributed by atoms with E-state index in [-0.39, 0.29) is 11.6 Å². The Labute approximate surface area is 184 Å². The van der Waals surface area contributed by atoms with Gasteiger partial charge in [-0.05, 0) is 80.2 Å². The van der Waals surface area contributed by atoms with Crippen LogP contribution in [-0.2, 0) is 0 Å². The van der Waals surface area contributed by atoms with Crippen LogP contribution >= 0.6 is 45.2 Å². The molecule has 136 valence electrons. The Kier molecular flexibility index (Phi) is 8.89. The quantitative estimate of drug-likeness (QED) is 0.176. The highest BCUT2D eigenvalue weighted by molar-refractivity contribution is 14.1. The molecule has 1 rings (SSSR count). The van der Waals surface area contributed by atoms with Gasteiger partial charge < -0.3 is 5.41 Å². The van der Waals surface area contributed by atoms with Gasteiger partial charge in [0.15, 0.2) is 0 Å². The van der Waals surface area contributed by atoms with Gasteiger partial charge in [0.05, 0.1) is 5.71 Å². The van der Waals surface area contributed by atoms with Crippen LogP contribution in [0.5, 0.6) is 0 Å². The zero-order valence-electron chi connectivity index (χ0n) is 15.3. The van der Waals surface area contributed by atoms with Gasteiger partial charge in [0.2, 0.25) is 0 Å². The molecule has 0 saturated carbocycles. The molecule has 1 unspecified atom stereocenters. The fraction of sp³-hybridized carbons (Fsp3) is 0.182. The highest BCUT2D eigenvalue weighted by Crippen LogP contribution is 2.31. The molecule has 0 fully saturated rings. The summed E-state index contributed by atoms with van der Waals surface area (Å²) in [6.07, 6.45) is 2.27. The molecule has 0 aliphatic heterocycles. The van der Waals surface area contributed by atoms with Crippen LogP contribution in [0.25, 0.3) is 0 Å². The molecule has 1 aromatic carbocycles. The third kappa shape index (κ3) is 5.87. The van der Waals surface area contributed by atoms with Crippen molar-refractivity contribution in [3.05, 3.63) is 91.7 Å². The predicted octanol–water partition coefficient (Wildman–Crippen LogP) is 7.46. The van der Waals surface area contributed by atoms with Gasteiger partial charge in [0.1, 0.15) is 0 Å². The van der Waals surface area contributed by atoms with E-state index in [0.29, 0.717) is 23.3 Å². The molecule has 0 spiro atoms. The molecule has 4 heteroatoms. The molecule has 0 aliphatic rings. The molecule has 0 aliphatic carbocycles. The van der Waals surface area contributed by atoms with Crippen LogP contribution in [0.2, 0.25) is 0 Å². The third-order valence-electron chi connectivity index (χ3n) is 3.97. The van der Waals surface area contributed by atoms with Crippen LogP contribution < -0.4 is 0 Å². The fourth-order valence-corrected chi connectivity index (χ4v) is 3.38. The number of hydrogen-bond acceptors (Lipinski definition) is 2. The van der Waals surface area contributed by atoms with E-state index < -0.39 is 0 Å². The molecule has 2 N–H and O–H groups in total. The summed E-state index contributed by atoms with van der Waals surface area (Å²) < 4.78 is 1.83. The molecule has 0 radical (unpaired) electrons. The Hall–Kier alpha value is -1.28. The van der Waals surface area contributed by atoms with Crippen LogP contribution in [0.4, 0.5) is 0 Å². The lowest BCUT2D eigenvalue weighted by Gasteiger charge is -2.21. The van der Waals surface area contributed by atoms with Gasteiger partial charge in [0.25, 0.3) is 0 Å². The van der Waals surface area contributed by atoms with Crippen molar-refractivity contribution in [3.63, 3.8) is 0 Å². The lowest BCUT2D eigenvalue weighted by Crippen LogP contribution is -2.20. The minimum Gasteiger partial charge on any atom is -0.304 e. The van der Waals surface area contributed by atoms with E-state index in [4.69, 9.17) is 10.8 Å². The van der Waals surface area contributed by atoms with E-state index in [0.717, 1.165) is 18.3 Å². The molecule has 2 nitrogen and oxygen atoms in total. The average Bonchev–Trinajstić information content (AvgIpc) is 2.59. The fourth-order valence-electron chi connectivity index (χ4n) is 2.45. The highest BCUT2D eigenvalue weighted by Gasteiger charge is 2.23. The molecular formula is C22H24I2N2. The molecule has 0 saturated heterocycles. The van der Waals surface area contributed by atoms with Gasteiger partial charge in [-0.2, -0.15) is 0 Å². The minimum absolute atomic E-state index is 0.179. The van der Waals surface area contributed by atoms with Crippen LogP contribution in [0.1, 0.15) is 30.4 Å². The number of aryl methyl sites for hydroxylation is 1. The topological polar surface area (TPSA) is 47.7 Å². The average molecular weight is 570 g/mol. The van der Waals surface area contributed by atoms with Crippen molar-refractivity contribution < 1.29 is 0 Å². The summed E-state index contributed by atoms with van der Waals surface area (Å²) in [4.78, 5) is 0. The Morgan fingerprint density at radius 1 is 1.12 bits per heavy atom. The van der Waals surface area contributed by atoms with E-state index in [1.54, 1.807) is 6.08 Å². The predicted molar refractivity (Wildman–Crippen MR) is 132 cm³/mol. The van der Waals surface area contributed by atoms with E-state index in [9.17, 15) is 0 Å². The third-order valence-corrected chi connectivity index (χ3v) is 5.91. The van der Waals surface area contributed by atoms with E-state index >= 15 is 0 Å². The van der Waals surface area contributed by atoms with Crippen molar-refractivity contribution in [1.29, 1.82) is 10.8 Å². The van der Waals surface area contributed by atoms with Crippen molar-refractivity contribution in [3.8, 4) is 0 Å². The van der Waals surface area contributed by atoms with Crippen molar-refractivity contribution in [2.75, 3.05) is 0 Å². The standard InChI is InChI=1S/C22H24I2N2/c1-7-18(20(24)13(2)3)21(25)16(6)22(26)19(12-15(5)23)17-10-8-14(4)9-11-17/h7-11,19,25-26H,1-2,5-6,12H2,3-4H3/b20-18-,25-21?,26-22?. The molecule has 0 aromatic heterocycles. The van der Waals surface area contributed by atoms with Gasteiger partial charge in [0, 0.05) is 26.4 Å². The maximum absolute atomic E-state index is 8.72. The highest BCUT2D eigenvalue weighted by atomic mass is 127. The first-order chi connectivity index (χ1) is 12.1. The number of halogens is 2. The first kappa shape index (κ1) is 22.8. The zero-order chi connectivity index (χ0) is 20.0. The van der Waals surface area contributed by atoms with Crippen molar-refractivity contribution >= 4 is 56.6 Å². The zero-order valence-corrected chi connectivity index (χ0v) is 19.6. The lowest BCUT2D eigenvalue weighted by atomic mass is 9.84. The summed E-state index contributed by atoms with van der Waals surface area (Å²) in [6.45, 7) is 19.7. The summed E-state index contributed by atoms with van der Waals surface area (Å²) in [5, 5.41) is 17.3. The second-order valence-corrected chi connectivity index (χ2v) is 8.77. The summed E-state index contributed by atoms with van der Waals surface area (Å²) in [5.41, 5.74) is 4.68. The smallest absolute Gasteiger partial charge is 0.0707 e. The molecular weight excluding hydrogens is 546 g/mol. The summed E-state index contributed by atoms with van der Waals surface area (Å²) in [6, 6.07) is 8.15. The Morgan fingerprint density at radius 2 is 1.65 bits per heavy atom. The molecule has 0 amide bonds. The number of rotatable bonds is 9. The Bertz CT molecular complexity index is 811. The SMILES string of the molecule is C=C/C(C(=N)C(=C)C(=N)C(CC(=C)I)c1ccc(C)cc1)=C(/I)C(=C)C. The minimum atomic E-state index is -0.179. The van der Waals surface area contributed by atoms with E-state index in [1.807, 2.05) is 38.1 Å². The lowest BCUT2D eigenvalue weighted by molar-refractivity contribution is 0.899. The van der Waals surface area contributed by atoms with Crippen LogP contribution in [0.3, 0.4) is 0 Å². The van der Waals surface area contributed by atoms with Gasteiger partial charge in [-0.25, -0.2) is 0 Å². The second kappa shape index (κ2) is 10.2. The number of benzene rings is 1. The van der Waals surface area contributed by atoms with Crippen molar-refractivity contribution in [2.45, 2.75) is 26.2 Å². The van der Waals surface area contributed by atoms with Crippen molar-refractivity contribution in [1.82, 2.24) is 0 Å². The van der Waals surface area contributed by atoms with Crippen LogP contribution in [0, 0.1) is 17.7 Å². The van der Waals surface area contributed by atoms with Gasteiger partial charge in [-0.1, -0.05) is 62.2 Å². The van der Waals surface area contributed by atoms with Crippen LogP contribution in [0.15, 0.2) is 80.5 Å². The normalized spacial score (nSPS) is 12.6. The first-order valence-electron chi connectivity index (χ1n) is 8.05. The summed E-state index contributed by atoms with van der Waals surface area (Å²) in [7, 11) is 0. The van der Waals surface area contributed by atoms with Crippen LogP contribution in [-0.4, -0.2) is 11.4 Å². The number of nitrogens with one attached hydrogen (secondary N) is 2. The monoisotopic (exact) mass is 570 g/mol. The molecule has 0 heterocycles. The molecule has 26 heavy (non-hydrogen) atoms. The van der Waals surface area contributed by atoms with Gasteiger partial charge >= 0.3 is 0 Å². The summed E-state index contributed by atoms with van der Waals surface area (Å²) in [5.74, 6) is -0.179. The first-order valence-corrected chi connectivity index (χ1v) is 10.2. The van der Waals surface area contributed by atoms with Crippen molar-refractivity contribution in [2.24, 2.45) is 0 Å². The van der Waals surface area contributed by atoms with E-state index in [1.165, 1.54) is 5.56 Å². The van der Waals surface area contributed by atoms with Gasteiger partial charge in [-0.3, -0.25) is 5.41 Å². The molecule has 0 bridgehead atoms. The summed E-state index contributed by atoms with van der Waals surface area (Å²) >= 11 is 4.35. The second-order valence-electron chi connectivity index (χ2n) is 6.16. The Balaban J connectivity index is 3.27. The number of hydrogen-bond donors (Lipinski definition) is 2. The van der Waals surface area contributed by atoms with E-state index in [2.05, 4.69) is 71.5 Å². The Morgan fingerprint density at radius 3 is 2.08 bits per heavy atom. The number of allylic oxidation sites excluding steroid dienone is 6. The largest absolute Gasteiger partial charge is 0.304 e. The van der Waals surface area contributed by atoms with Gasteiger partial charge in [-0.15, -0.1) is 0 Å². The molecule has 1 atom stereocenters. The maximum atomic E-state index is 8.72. The maximum Gasteiger partial charge on any atom is 0.0707 e. The molecule has 1 aromatic rings.